The zero-order valence-corrected chi connectivity index (χ0v) is 20.0. The van der Waals surface area contributed by atoms with E-state index in [-0.39, 0.29) is 10.6 Å². The molecule has 0 atom stereocenters. The van der Waals surface area contributed by atoms with Gasteiger partial charge in [0.15, 0.2) is 0 Å². The second kappa shape index (κ2) is 11.2. The second-order valence-corrected chi connectivity index (χ2v) is 9.49. The molecule has 178 valence electrons. The zero-order valence-electron chi connectivity index (χ0n) is 19.2. The molecule has 2 aromatic carbocycles. The summed E-state index contributed by atoms with van der Waals surface area (Å²) in [5.74, 6) is 0. The Morgan fingerprint density at radius 3 is 2.39 bits per heavy atom. The van der Waals surface area contributed by atoms with Crippen LogP contribution in [0, 0.1) is 17.0 Å². The number of nitro benzene ring substituents is 1. The van der Waals surface area contributed by atoms with Crippen LogP contribution in [0.4, 0.5) is 17.1 Å². The molecule has 1 heterocycles. The monoisotopic (exact) mass is 472 g/mol. The number of aryl methyl sites for hydroxylation is 1. The Labute approximate surface area is 200 Å². The van der Waals surface area contributed by atoms with Crippen molar-refractivity contribution in [2.45, 2.75) is 44.8 Å². The normalized spacial score (nSPS) is 21.7. The Bertz CT molecular complexity index is 924. The number of nitrogens with one attached hydrogen (secondary N) is 1. The summed E-state index contributed by atoms with van der Waals surface area (Å²) in [5, 5.41) is 15.3. The molecule has 1 saturated heterocycles. The predicted octanol–water partition coefficient (Wildman–Crippen LogP) is 5.12. The van der Waals surface area contributed by atoms with Crippen molar-refractivity contribution in [2.75, 3.05) is 49.5 Å². The largest absolute Gasteiger partial charge is 0.382 e. The van der Waals surface area contributed by atoms with Crippen molar-refractivity contribution in [3.8, 4) is 0 Å². The lowest BCUT2D eigenvalue weighted by Crippen LogP contribution is -2.47. The van der Waals surface area contributed by atoms with Crippen LogP contribution in [0.1, 0.15) is 31.2 Å². The third-order valence-electron chi connectivity index (χ3n) is 6.76. The first-order chi connectivity index (χ1) is 16.0. The average molecular weight is 473 g/mol. The van der Waals surface area contributed by atoms with E-state index in [4.69, 9.17) is 16.3 Å². The van der Waals surface area contributed by atoms with Crippen LogP contribution in [0.25, 0.3) is 0 Å². The predicted molar refractivity (Wildman–Crippen MR) is 134 cm³/mol. The summed E-state index contributed by atoms with van der Waals surface area (Å²) < 4.78 is 6.20. The van der Waals surface area contributed by atoms with E-state index >= 15 is 0 Å². The molecule has 1 aliphatic heterocycles. The molecule has 0 aromatic heterocycles. The van der Waals surface area contributed by atoms with Crippen LogP contribution in [0.15, 0.2) is 42.5 Å². The average Bonchev–Trinajstić information content (AvgIpc) is 2.81. The maximum atomic E-state index is 11.0. The number of nitro groups is 1. The Morgan fingerprint density at radius 2 is 1.76 bits per heavy atom. The Kier molecular flexibility index (Phi) is 8.06. The van der Waals surface area contributed by atoms with Crippen LogP contribution < -0.4 is 10.2 Å². The van der Waals surface area contributed by atoms with Crippen molar-refractivity contribution in [2.24, 2.45) is 0 Å². The first-order valence-electron chi connectivity index (χ1n) is 11.8. The molecule has 2 aromatic rings. The van der Waals surface area contributed by atoms with Gasteiger partial charge in [0.2, 0.25) is 0 Å². The number of hydrogen-bond donors (Lipinski definition) is 1. The van der Waals surface area contributed by atoms with E-state index in [2.05, 4.69) is 27.2 Å². The molecule has 4 rings (SSSR count). The van der Waals surface area contributed by atoms with Gasteiger partial charge in [-0.3, -0.25) is 15.0 Å². The molecule has 1 saturated carbocycles. The lowest BCUT2D eigenvalue weighted by molar-refractivity contribution is -0.385. The number of hydrogen-bond acceptors (Lipinski definition) is 6. The first-order valence-corrected chi connectivity index (χ1v) is 12.2. The van der Waals surface area contributed by atoms with Crippen LogP contribution in [-0.4, -0.2) is 61.3 Å². The smallest absolute Gasteiger partial charge is 0.272 e. The van der Waals surface area contributed by atoms with Crippen molar-refractivity contribution >= 4 is 28.7 Å². The summed E-state index contributed by atoms with van der Waals surface area (Å²) in [6.45, 7) is 7.71. The summed E-state index contributed by atoms with van der Waals surface area (Å²) in [4.78, 5) is 15.6. The van der Waals surface area contributed by atoms with Gasteiger partial charge in [0.25, 0.3) is 5.69 Å². The Balaban J connectivity index is 1.12. The number of ether oxygens (including phenoxy) is 1. The third-order valence-corrected chi connectivity index (χ3v) is 7.02. The van der Waals surface area contributed by atoms with Crippen LogP contribution in [0.5, 0.6) is 0 Å². The zero-order chi connectivity index (χ0) is 23.2. The number of anilines is 2. The summed E-state index contributed by atoms with van der Waals surface area (Å²) in [6, 6.07) is 13.7. The molecule has 33 heavy (non-hydrogen) atoms. The van der Waals surface area contributed by atoms with Crippen molar-refractivity contribution < 1.29 is 9.66 Å². The second-order valence-electron chi connectivity index (χ2n) is 9.05. The molecule has 0 unspecified atom stereocenters. The summed E-state index contributed by atoms with van der Waals surface area (Å²) in [5.41, 5.74) is 3.06. The van der Waals surface area contributed by atoms with Gasteiger partial charge < -0.3 is 15.0 Å². The number of nitrogens with zero attached hydrogens (tertiary/aromatic N) is 3. The first kappa shape index (κ1) is 23.8. The number of halogens is 1. The Morgan fingerprint density at radius 1 is 1.06 bits per heavy atom. The molecule has 1 N–H and O–H groups in total. The van der Waals surface area contributed by atoms with Gasteiger partial charge in [0.1, 0.15) is 0 Å². The fourth-order valence-electron chi connectivity index (χ4n) is 4.79. The molecule has 1 aliphatic carbocycles. The van der Waals surface area contributed by atoms with E-state index < -0.39 is 0 Å². The minimum Gasteiger partial charge on any atom is -0.382 e. The van der Waals surface area contributed by atoms with Gasteiger partial charge in [0, 0.05) is 66.8 Å². The van der Waals surface area contributed by atoms with Crippen LogP contribution in [0.3, 0.4) is 0 Å². The van der Waals surface area contributed by atoms with Gasteiger partial charge >= 0.3 is 0 Å². The molecule has 2 fully saturated rings. The quantitative estimate of drug-likeness (QED) is 0.424. The number of benzene rings is 2. The fraction of sp³-hybridized carbons (Fsp3) is 0.520. The molecular formula is C25H33ClN4O3. The van der Waals surface area contributed by atoms with Gasteiger partial charge in [-0.25, -0.2) is 0 Å². The van der Waals surface area contributed by atoms with E-state index in [0.29, 0.717) is 17.7 Å². The van der Waals surface area contributed by atoms with Crippen LogP contribution in [0.2, 0.25) is 5.02 Å². The molecule has 0 spiro atoms. The van der Waals surface area contributed by atoms with E-state index in [1.54, 1.807) is 19.1 Å². The summed E-state index contributed by atoms with van der Waals surface area (Å²) in [6.07, 6.45) is 4.54. The molecule has 0 bridgehead atoms. The van der Waals surface area contributed by atoms with E-state index in [1.807, 2.05) is 18.2 Å². The topological polar surface area (TPSA) is 70.9 Å². The summed E-state index contributed by atoms with van der Waals surface area (Å²) >= 11 is 5.99. The maximum absolute atomic E-state index is 11.0. The van der Waals surface area contributed by atoms with Crippen LogP contribution >= 0.6 is 11.6 Å². The van der Waals surface area contributed by atoms with Crippen molar-refractivity contribution in [3.63, 3.8) is 0 Å². The fourth-order valence-corrected chi connectivity index (χ4v) is 4.92. The van der Waals surface area contributed by atoms with E-state index in [0.717, 1.165) is 75.7 Å². The van der Waals surface area contributed by atoms with Gasteiger partial charge in [-0.15, -0.1) is 0 Å². The lowest BCUT2D eigenvalue weighted by Gasteiger charge is -2.36. The number of piperazine rings is 1. The standard InChI is InChI=1S/C25H33ClN4O3/c1-19-18-22(6-11-25(19)30(31)32)27-21-4-9-24(10-5-21)33-17-16-28-12-14-29(15-13-28)23-7-2-20(26)3-8-23/h2-3,6-8,11,18,21,24,27H,4-5,9-10,12-17H2,1H3. The molecule has 0 radical (unpaired) electrons. The SMILES string of the molecule is Cc1cc(NC2CCC(OCCN3CCN(c4ccc(Cl)cc4)CC3)CC2)ccc1[N+](=O)[O-]. The minimum atomic E-state index is -0.332. The van der Waals surface area contributed by atoms with Gasteiger partial charge in [-0.05, 0) is 69.0 Å². The van der Waals surface area contributed by atoms with Crippen molar-refractivity contribution in [3.05, 3.63) is 63.2 Å². The Hall–Kier alpha value is -2.35. The summed E-state index contributed by atoms with van der Waals surface area (Å²) in [7, 11) is 0. The molecule has 8 heteroatoms. The molecule has 0 amide bonds. The maximum Gasteiger partial charge on any atom is 0.272 e. The van der Waals surface area contributed by atoms with Gasteiger partial charge in [0.05, 0.1) is 17.6 Å². The minimum absolute atomic E-state index is 0.170. The molecular weight excluding hydrogens is 440 g/mol. The molecule has 7 nitrogen and oxygen atoms in total. The highest BCUT2D eigenvalue weighted by Crippen LogP contribution is 2.27. The van der Waals surface area contributed by atoms with Crippen molar-refractivity contribution in [1.82, 2.24) is 4.90 Å². The van der Waals surface area contributed by atoms with E-state index in [9.17, 15) is 10.1 Å². The third kappa shape index (κ3) is 6.59. The molecule has 2 aliphatic rings. The number of rotatable bonds is 8. The van der Waals surface area contributed by atoms with Gasteiger partial charge in [-0.1, -0.05) is 11.6 Å². The van der Waals surface area contributed by atoms with E-state index in [1.165, 1.54) is 5.69 Å². The highest BCUT2D eigenvalue weighted by atomic mass is 35.5. The lowest BCUT2D eigenvalue weighted by atomic mass is 9.92. The van der Waals surface area contributed by atoms with Gasteiger partial charge in [-0.2, -0.15) is 0 Å². The highest BCUT2D eigenvalue weighted by molar-refractivity contribution is 6.30. The highest BCUT2D eigenvalue weighted by Gasteiger charge is 2.23. The van der Waals surface area contributed by atoms with Crippen molar-refractivity contribution in [1.29, 1.82) is 0 Å². The van der Waals surface area contributed by atoms with Crippen LogP contribution in [-0.2, 0) is 4.74 Å².